The average molecular weight is 1080 g/mol. The quantitative estimate of drug-likeness (QED) is 0.0489. The fourth-order valence-corrected chi connectivity index (χ4v) is 10.9. The summed E-state index contributed by atoms with van der Waals surface area (Å²) in [6.07, 6.45) is 22.1. The molecule has 0 spiro atoms. The number of benzene rings is 3. The van der Waals surface area contributed by atoms with E-state index in [9.17, 15) is 19.2 Å². The molecule has 7 rings (SSSR count). The summed E-state index contributed by atoms with van der Waals surface area (Å²) in [5, 5.41) is 22.9. The number of aliphatic hydroxyl groups is 2. The molecule has 4 heterocycles. The first-order chi connectivity index (χ1) is 36.8. The van der Waals surface area contributed by atoms with Gasteiger partial charge < -0.3 is 40.3 Å². The Morgan fingerprint density at radius 1 is 0.961 bits per heavy atom. The van der Waals surface area contributed by atoms with Crippen LogP contribution < -0.4 is 20.3 Å². The van der Waals surface area contributed by atoms with Crippen molar-refractivity contribution < 1.29 is 34.1 Å². The Morgan fingerprint density at radius 3 is 2.28 bits per heavy atom. The summed E-state index contributed by atoms with van der Waals surface area (Å²) in [5.74, 6) is 0.619. The molecule has 3 unspecified atom stereocenters. The monoisotopic (exact) mass is 1080 g/mol. The number of nitrogens with one attached hydrogen (secondary N) is 2. The smallest absolute Gasteiger partial charge is 0.242 e. The average Bonchev–Trinajstić information content (AvgIpc) is 3.78. The van der Waals surface area contributed by atoms with Gasteiger partial charge in [-0.05, 0) is 103 Å². The summed E-state index contributed by atoms with van der Waals surface area (Å²) in [6, 6.07) is 18.3. The zero-order chi connectivity index (χ0) is 56.4. The maximum absolute atomic E-state index is 12.9. The van der Waals surface area contributed by atoms with Gasteiger partial charge in [-0.3, -0.25) is 19.2 Å². The maximum Gasteiger partial charge on any atom is 0.242 e. The van der Waals surface area contributed by atoms with Crippen LogP contribution in [0.4, 0.5) is 11.4 Å². The number of piperidine rings is 1. The standard InChI is InChI=1S/C34H42N6O2.C22H28ClNO3S.C2H6.2CH4O/c1-5-7-8-12-31(33(42)35-3)38(4)30-14-13-28(29-11-9-10-26(23-41)32(29)30)25-15-17-39(18-16-25)27-20-37-34-36-19-24(6-2)21-40(34)22-27;1-5-7-17(13-22(2,3)4)24-16-9-6-8-15(12-16)21-19(23)20(27-11-10-25)18(14-26)28-21;3*1-2/h5,7,9-11,13-14,19-23,25,31,34H,6,8,12,15-18H2,1-4H3,(H,35,42);6,8-10,12,14,17,24H,5,7,11,13H2,1-4H3;1-2H3;2*2H,1H3/b7-5-;;;;. The molecule has 3 atom stereocenters. The number of ether oxygens (including phenoxy) is 1. The molecule has 1 saturated heterocycles. The predicted molar refractivity (Wildman–Crippen MR) is 318 cm³/mol. The van der Waals surface area contributed by atoms with Gasteiger partial charge in [0.05, 0.1) is 16.8 Å². The Kier molecular flexibility index (Phi) is 28.0. The van der Waals surface area contributed by atoms with E-state index in [1.807, 2.05) is 87.6 Å². The molecule has 3 aliphatic heterocycles. The Balaban J connectivity index is 0.000000390. The molecule has 0 bridgehead atoms. The predicted octanol–water partition coefficient (Wildman–Crippen LogP) is 12.3. The molecular formula is C60H84ClN7O7S. The number of hydrogen-bond acceptors (Lipinski definition) is 14. The van der Waals surface area contributed by atoms with Crippen molar-refractivity contribution in [2.75, 3.05) is 58.2 Å². The number of rotatable bonds is 20. The molecule has 1 aromatic heterocycles. The van der Waals surface area contributed by atoms with Crippen LogP contribution >= 0.6 is 22.9 Å². The van der Waals surface area contributed by atoms with Gasteiger partial charge in [0.15, 0.2) is 24.6 Å². The van der Waals surface area contributed by atoms with Crippen molar-refractivity contribution in [1.29, 1.82) is 0 Å². The summed E-state index contributed by atoms with van der Waals surface area (Å²) < 4.78 is 5.36. The summed E-state index contributed by atoms with van der Waals surface area (Å²) in [4.78, 5) is 64.1. The second-order valence-electron chi connectivity index (χ2n) is 19.2. The van der Waals surface area contributed by atoms with Crippen molar-refractivity contribution >= 4 is 82.3 Å². The number of nitrogens with zero attached hydrogens (tertiary/aromatic N) is 5. The van der Waals surface area contributed by atoms with E-state index in [-0.39, 0.29) is 36.0 Å². The first-order valence-corrected chi connectivity index (χ1v) is 27.6. The highest BCUT2D eigenvalue weighted by Crippen LogP contribution is 2.45. The van der Waals surface area contributed by atoms with Crippen LogP contribution in [-0.2, 0) is 9.59 Å². The first-order valence-electron chi connectivity index (χ1n) is 26.5. The summed E-state index contributed by atoms with van der Waals surface area (Å²) in [6.45, 7) is 18.8. The van der Waals surface area contributed by atoms with E-state index in [0.717, 1.165) is 117 Å². The van der Waals surface area contributed by atoms with Crippen LogP contribution in [0.2, 0.25) is 5.02 Å². The lowest BCUT2D eigenvalue weighted by atomic mass is 9.84. The van der Waals surface area contributed by atoms with Crippen LogP contribution in [0, 0.1) is 5.41 Å². The third-order valence-electron chi connectivity index (χ3n) is 13.0. The van der Waals surface area contributed by atoms with Crippen molar-refractivity contribution in [1.82, 2.24) is 15.1 Å². The number of halogens is 1. The maximum atomic E-state index is 12.9. The highest BCUT2D eigenvalue weighted by Gasteiger charge is 2.29. The number of hydrogen-bond donors (Lipinski definition) is 4. The van der Waals surface area contributed by atoms with Crippen LogP contribution in [0.3, 0.4) is 0 Å². The highest BCUT2D eigenvalue weighted by molar-refractivity contribution is 7.18. The number of thiophene rings is 1. The Labute approximate surface area is 461 Å². The van der Waals surface area contributed by atoms with Crippen molar-refractivity contribution in [3.05, 3.63) is 111 Å². The lowest BCUT2D eigenvalue weighted by Crippen LogP contribution is -2.44. The molecule has 3 aliphatic rings. The van der Waals surface area contributed by atoms with Gasteiger partial charge in [-0.2, -0.15) is 0 Å². The number of likely N-dealkylation sites (N-methyl/N-ethyl adjacent to an activating group) is 2. The molecule has 0 aliphatic carbocycles. The van der Waals surface area contributed by atoms with Gasteiger partial charge in [-0.25, -0.2) is 9.98 Å². The van der Waals surface area contributed by atoms with Crippen molar-refractivity contribution in [2.45, 2.75) is 131 Å². The van der Waals surface area contributed by atoms with E-state index in [1.165, 1.54) is 22.5 Å². The summed E-state index contributed by atoms with van der Waals surface area (Å²) >= 11 is 7.73. The van der Waals surface area contributed by atoms with Crippen molar-refractivity contribution in [2.24, 2.45) is 15.4 Å². The second-order valence-corrected chi connectivity index (χ2v) is 20.6. The zero-order valence-electron chi connectivity index (χ0n) is 46.9. The number of allylic oxidation sites excluding steroid dienone is 4. The molecular weight excluding hydrogens is 998 g/mol. The third-order valence-corrected chi connectivity index (χ3v) is 14.6. The minimum absolute atomic E-state index is 0.0279. The zero-order valence-corrected chi connectivity index (χ0v) is 48.5. The number of fused-ring (bicyclic) bond motifs is 2. The normalized spacial score (nSPS) is 15.6. The van der Waals surface area contributed by atoms with E-state index < -0.39 is 0 Å². The van der Waals surface area contributed by atoms with Gasteiger partial charge in [0.2, 0.25) is 12.2 Å². The fourth-order valence-electron chi connectivity index (χ4n) is 9.54. The SMILES string of the molecule is C/C=C\CCC(C(=O)NC)N(C)c1ccc(C2CCN(C3=CN4C=C(CC)C=NC4N=C3)CC2)c2cccc(C=O)c12.CC.CCCC(CC(C)(C)C)Nc1cccc(-c2sc(C=O)c(OCC=O)c2Cl)c1.CO.CO. The van der Waals surface area contributed by atoms with Gasteiger partial charge in [0, 0.05) is 88.4 Å². The molecule has 0 saturated carbocycles. The lowest BCUT2D eigenvalue weighted by Gasteiger charge is -2.38. The molecule has 414 valence electrons. The summed E-state index contributed by atoms with van der Waals surface area (Å²) in [7, 11) is 5.64. The number of anilines is 2. The minimum Gasteiger partial charge on any atom is -0.483 e. The Bertz CT molecular complexity index is 2630. The van der Waals surface area contributed by atoms with E-state index in [1.54, 1.807) is 7.05 Å². The van der Waals surface area contributed by atoms with Crippen LogP contribution in [0.1, 0.15) is 138 Å². The van der Waals surface area contributed by atoms with Crippen LogP contribution in [0.5, 0.6) is 5.75 Å². The van der Waals surface area contributed by atoms with Crippen molar-refractivity contribution in [3.8, 4) is 16.2 Å². The number of amides is 1. The topological polar surface area (TPSA) is 176 Å². The first kappa shape index (κ1) is 64.2. The van der Waals surface area contributed by atoms with Gasteiger partial charge in [-0.15, -0.1) is 11.3 Å². The van der Waals surface area contributed by atoms with Crippen LogP contribution in [0.25, 0.3) is 21.2 Å². The van der Waals surface area contributed by atoms with Gasteiger partial charge >= 0.3 is 0 Å². The molecule has 1 amide bonds. The Hall–Kier alpha value is -6.13. The van der Waals surface area contributed by atoms with E-state index in [4.69, 9.17) is 26.6 Å². The largest absolute Gasteiger partial charge is 0.483 e. The highest BCUT2D eigenvalue weighted by atomic mass is 35.5. The minimum atomic E-state index is -0.345. The molecule has 14 nitrogen and oxygen atoms in total. The fraction of sp³-hybridized carbons (Fsp3) is 0.467. The number of aliphatic hydroxyl groups excluding tert-OH is 2. The molecule has 4 N–H and O–H groups in total. The molecule has 3 aromatic carbocycles. The number of carbonyl (C=O) groups is 4. The molecule has 16 heteroatoms. The third kappa shape index (κ3) is 17.5. The number of aldehydes is 3. The van der Waals surface area contributed by atoms with Gasteiger partial charge in [-0.1, -0.05) is 115 Å². The summed E-state index contributed by atoms with van der Waals surface area (Å²) in [5.41, 5.74) is 7.32. The van der Waals surface area contributed by atoms with E-state index in [2.05, 4.69) is 102 Å². The number of carbonyl (C=O) groups excluding carboxylic acids is 4. The molecule has 76 heavy (non-hydrogen) atoms. The van der Waals surface area contributed by atoms with Gasteiger partial charge in [0.1, 0.15) is 22.5 Å². The van der Waals surface area contributed by atoms with Crippen LogP contribution in [-0.4, -0.2) is 124 Å². The molecule has 1 fully saturated rings. The molecule has 4 aromatic rings. The van der Waals surface area contributed by atoms with Gasteiger partial charge in [0.25, 0.3) is 0 Å². The van der Waals surface area contributed by atoms with E-state index >= 15 is 0 Å². The lowest BCUT2D eigenvalue weighted by molar-refractivity contribution is -0.122. The van der Waals surface area contributed by atoms with E-state index in [0.29, 0.717) is 46.4 Å². The Morgan fingerprint density at radius 2 is 1.66 bits per heavy atom. The number of likely N-dealkylation sites (tertiary alicyclic amines) is 1. The van der Waals surface area contributed by atoms with Crippen LogP contribution in [0.15, 0.2) is 100 Å². The number of aliphatic imine (C=N–C) groups is 2. The second kappa shape index (κ2) is 33.1. The van der Waals surface area contributed by atoms with Crippen molar-refractivity contribution in [3.63, 3.8) is 0 Å². The molecule has 0 radical (unpaired) electrons.